The van der Waals surface area contributed by atoms with Crippen molar-refractivity contribution in [3.8, 4) is 5.75 Å². The second-order valence-corrected chi connectivity index (χ2v) is 9.99. The standard InChI is InChI=1S/C25H30N4O2S/c1-6-29-24(30)32-25(2,3)22(27-29)19-11-14-21-18(16-19)8-7-15-28(21)23(26-4)17-9-12-20(31-5)13-10-17/h9-14,16H,6-8,15H2,1-5H3/b26-23-. The first-order valence-electron chi connectivity index (χ1n) is 11.0. The van der Waals surface area contributed by atoms with Crippen molar-refractivity contribution >= 4 is 34.2 Å². The fourth-order valence-electron chi connectivity index (χ4n) is 4.32. The number of aliphatic imine (C=N–C) groups is 1. The molecule has 6 nitrogen and oxygen atoms in total. The summed E-state index contributed by atoms with van der Waals surface area (Å²) in [5.74, 6) is 1.79. The lowest BCUT2D eigenvalue weighted by Gasteiger charge is -2.35. The van der Waals surface area contributed by atoms with Crippen molar-refractivity contribution in [2.45, 2.75) is 38.4 Å². The van der Waals surface area contributed by atoms with Gasteiger partial charge in [0.05, 0.1) is 17.6 Å². The molecule has 2 aliphatic rings. The van der Waals surface area contributed by atoms with E-state index in [4.69, 9.17) is 9.84 Å². The summed E-state index contributed by atoms with van der Waals surface area (Å²) in [6, 6.07) is 14.6. The fourth-order valence-corrected chi connectivity index (χ4v) is 5.28. The Hall–Kier alpha value is -2.80. The zero-order chi connectivity index (χ0) is 22.9. The van der Waals surface area contributed by atoms with Gasteiger partial charge in [0, 0.05) is 31.4 Å². The molecule has 0 atom stereocenters. The number of ether oxygens (including phenoxy) is 1. The van der Waals surface area contributed by atoms with Gasteiger partial charge in [0.15, 0.2) is 0 Å². The Labute approximate surface area is 194 Å². The highest BCUT2D eigenvalue weighted by Gasteiger charge is 2.37. The Bertz CT molecular complexity index is 1080. The maximum atomic E-state index is 12.3. The third-order valence-electron chi connectivity index (χ3n) is 5.93. The molecule has 0 fully saturated rings. The van der Waals surface area contributed by atoms with Gasteiger partial charge in [-0.1, -0.05) is 17.8 Å². The molecule has 0 aliphatic carbocycles. The molecule has 7 heteroatoms. The number of fused-ring (bicyclic) bond motifs is 1. The van der Waals surface area contributed by atoms with E-state index in [2.05, 4.69) is 54.1 Å². The van der Waals surface area contributed by atoms with E-state index in [1.807, 2.05) is 26.1 Å². The number of carbonyl (C=O) groups excluding carboxylic acids is 1. The molecule has 168 valence electrons. The monoisotopic (exact) mass is 450 g/mol. The number of amidine groups is 1. The van der Waals surface area contributed by atoms with Gasteiger partial charge >= 0.3 is 5.24 Å². The molecule has 0 N–H and O–H groups in total. The SMILES string of the molecule is CCN1N=C(c2ccc3c(c2)CCCN3/C(=N\C)c2ccc(OC)cc2)C(C)(C)SC1=O. The number of rotatable bonds is 4. The molecule has 2 aromatic carbocycles. The highest BCUT2D eigenvalue weighted by molar-refractivity contribution is 8.15. The maximum absolute atomic E-state index is 12.3. The van der Waals surface area contributed by atoms with Gasteiger partial charge in [0.25, 0.3) is 0 Å². The van der Waals surface area contributed by atoms with Crippen molar-refractivity contribution in [3.63, 3.8) is 0 Å². The molecule has 0 radical (unpaired) electrons. The Balaban J connectivity index is 1.70. The van der Waals surface area contributed by atoms with Gasteiger partial charge in [-0.2, -0.15) is 5.10 Å². The van der Waals surface area contributed by atoms with Crippen LogP contribution in [0.4, 0.5) is 10.5 Å². The lowest BCUT2D eigenvalue weighted by Crippen LogP contribution is -2.41. The minimum Gasteiger partial charge on any atom is -0.497 e. The van der Waals surface area contributed by atoms with Gasteiger partial charge in [0.1, 0.15) is 11.6 Å². The normalized spacial score (nSPS) is 18.3. The first kappa shape index (κ1) is 22.4. The summed E-state index contributed by atoms with van der Waals surface area (Å²) >= 11 is 1.34. The summed E-state index contributed by atoms with van der Waals surface area (Å²) in [5.41, 5.74) is 5.56. The number of anilines is 1. The second kappa shape index (κ2) is 8.98. The van der Waals surface area contributed by atoms with Crippen LogP contribution in [-0.2, 0) is 6.42 Å². The minimum atomic E-state index is -0.371. The summed E-state index contributed by atoms with van der Waals surface area (Å²) in [5, 5.41) is 6.28. The van der Waals surface area contributed by atoms with E-state index in [9.17, 15) is 4.79 Å². The molecule has 0 saturated carbocycles. The van der Waals surface area contributed by atoms with E-state index in [0.717, 1.165) is 47.8 Å². The molecular weight excluding hydrogens is 420 g/mol. The summed E-state index contributed by atoms with van der Waals surface area (Å²) in [6.45, 7) is 7.58. The number of hydrazone groups is 1. The Kier molecular flexibility index (Phi) is 6.29. The Morgan fingerprint density at radius 3 is 2.62 bits per heavy atom. The van der Waals surface area contributed by atoms with E-state index in [0.29, 0.717) is 6.54 Å². The largest absolute Gasteiger partial charge is 0.497 e. The van der Waals surface area contributed by atoms with E-state index in [-0.39, 0.29) is 9.99 Å². The first-order valence-corrected chi connectivity index (χ1v) is 11.8. The molecule has 0 spiro atoms. The molecule has 0 bridgehead atoms. The summed E-state index contributed by atoms with van der Waals surface area (Å²) < 4.78 is 4.93. The number of benzene rings is 2. The first-order chi connectivity index (χ1) is 15.4. The summed E-state index contributed by atoms with van der Waals surface area (Å²) in [4.78, 5) is 19.3. The topological polar surface area (TPSA) is 57.5 Å². The maximum Gasteiger partial charge on any atom is 0.302 e. The molecule has 0 unspecified atom stereocenters. The third kappa shape index (κ3) is 4.13. The minimum absolute atomic E-state index is 0.00803. The van der Waals surface area contributed by atoms with Crippen molar-refractivity contribution in [1.29, 1.82) is 0 Å². The second-order valence-electron chi connectivity index (χ2n) is 8.42. The number of nitrogens with zero attached hydrogens (tertiary/aromatic N) is 4. The van der Waals surface area contributed by atoms with Gasteiger partial charge in [0.2, 0.25) is 0 Å². The van der Waals surface area contributed by atoms with Crippen LogP contribution in [0.15, 0.2) is 52.6 Å². The van der Waals surface area contributed by atoms with Crippen LogP contribution in [0.5, 0.6) is 5.75 Å². The number of aryl methyl sites for hydroxylation is 1. The van der Waals surface area contributed by atoms with Gasteiger partial charge in [-0.3, -0.25) is 9.79 Å². The zero-order valence-corrected chi connectivity index (χ0v) is 20.2. The lowest BCUT2D eigenvalue weighted by molar-refractivity contribution is 0.226. The number of thioether (sulfide) groups is 1. The number of amides is 1. The summed E-state index contributed by atoms with van der Waals surface area (Å²) in [7, 11) is 3.52. The van der Waals surface area contributed by atoms with Crippen LogP contribution in [0, 0.1) is 0 Å². The van der Waals surface area contributed by atoms with Gasteiger partial charge in [-0.25, -0.2) is 5.01 Å². The predicted octanol–water partition coefficient (Wildman–Crippen LogP) is 5.20. The van der Waals surface area contributed by atoms with Crippen molar-refractivity contribution in [2.24, 2.45) is 10.1 Å². The molecule has 2 aromatic rings. The smallest absolute Gasteiger partial charge is 0.302 e. The van der Waals surface area contributed by atoms with Crippen LogP contribution >= 0.6 is 11.8 Å². The molecular formula is C25H30N4O2S. The number of hydrogen-bond donors (Lipinski definition) is 0. The van der Waals surface area contributed by atoms with Crippen LogP contribution in [0.2, 0.25) is 0 Å². The lowest BCUT2D eigenvalue weighted by atomic mass is 9.93. The average Bonchev–Trinajstić information content (AvgIpc) is 2.79. The number of carbonyl (C=O) groups is 1. The molecule has 0 saturated heterocycles. The highest BCUT2D eigenvalue weighted by atomic mass is 32.2. The third-order valence-corrected chi connectivity index (χ3v) is 7.02. The van der Waals surface area contributed by atoms with Gasteiger partial charge in [-0.15, -0.1) is 0 Å². The van der Waals surface area contributed by atoms with E-state index in [1.165, 1.54) is 23.0 Å². The highest BCUT2D eigenvalue weighted by Crippen LogP contribution is 2.37. The zero-order valence-electron chi connectivity index (χ0n) is 19.4. The van der Waals surface area contributed by atoms with Crippen LogP contribution in [0.3, 0.4) is 0 Å². The number of methoxy groups -OCH3 is 1. The molecule has 2 aliphatic heterocycles. The molecule has 4 rings (SSSR count). The van der Waals surface area contributed by atoms with Gasteiger partial charge < -0.3 is 9.64 Å². The quantitative estimate of drug-likeness (QED) is 0.475. The molecule has 2 heterocycles. The average molecular weight is 451 g/mol. The Morgan fingerprint density at radius 1 is 1.22 bits per heavy atom. The van der Waals surface area contributed by atoms with Gasteiger partial charge in [-0.05, 0) is 81.1 Å². The van der Waals surface area contributed by atoms with E-state index >= 15 is 0 Å². The Morgan fingerprint density at radius 2 is 1.97 bits per heavy atom. The van der Waals surface area contributed by atoms with Crippen molar-refractivity contribution in [2.75, 3.05) is 32.1 Å². The van der Waals surface area contributed by atoms with Crippen molar-refractivity contribution < 1.29 is 9.53 Å². The van der Waals surface area contributed by atoms with E-state index in [1.54, 1.807) is 12.1 Å². The predicted molar refractivity (Wildman–Crippen MR) is 134 cm³/mol. The van der Waals surface area contributed by atoms with E-state index < -0.39 is 0 Å². The van der Waals surface area contributed by atoms with Crippen LogP contribution in [0.25, 0.3) is 0 Å². The van der Waals surface area contributed by atoms with Crippen LogP contribution in [0.1, 0.15) is 43.9 Å². The van der Waals surface area contributed by atoms with Crippen LogP contribution < -0.4 is 9.64 Å². The summed E-state index contributed by atoms with van der Waals surface area (Å²) in [6.07, 6.45) is 2.06. The molecule has 1 amide bonds. The van der Waals surface area contributed by atoms with Crippen molar-refractivity contribution in [3.05, 3.63) is 59.2 Å². The molecule has 32 heavy (non-hydrogen) atoms. The van der Waals surface area contributed by atoms with Crippen LogP contribution in [-0.4, -0.2) is 53.8 Å². The molecule has 0 aromatic heterocycles. The van der Waals surface area contributed by atoms with Crippen molar-refractivity contribution in [1.82, 2.24) is 5.01 Å². The fraction of sp³-hybridized carbons (Fsp3) is 0.400. The number of hydrogen-bond acceptors (Lipinski definition) is 5.